The van der Waals surface area contributed by atoms with Gasteiger partial charge in [-0.3, -0.25) is 4.79 Å². The van der Waals surface area contributed by atoms with Crippen molar-refractivity contribution in [1.82, 2.24) is 5.32 Å². The van der Waals surface area contributed by atoms with Crippen molar-refractivity contribution >= 4 is 21.6 Å². The van der Waals surface area contributed by atoms with E-state index in [-0.39, 0.29) is 16.4 Å². The minimum Gasteiger partial charge on any atom is -0.467 e. The monoisotopic (exact) mass is 423 g/mol. The second kappa shape index (κ2) is 9.88. The average Bonchev–Trinajstić information content (AvgIpc) is 3.23. The minimum atomic E-state index is -3.91. The smallest absolute Gasteiger partial charge is 0.253 e. The lowest BCUT2D eigenvalue weighted by molar-refractivity contribution is 0.0916. The molecule has 0 radical (unpaired) electrons. The van der Waals surface area contributed by atoms with Crippen LogP contribution in [0.25, 0.3) is 0 Å². The summed E-state index contributed by atoms with van der Waals surface area (Å²) in [5.74, 6) is 0.382. The van der Waals surface area contributed by atoms with E-state index >= 15 is 0 Å². The van der Waals surface area contributed by atoms with Crippen molar-refractivity contribution in [2.24, 2.45) is 5.14 Å². The number of ether oxygens (including phenoxy) is 2. The Bertz CT molecular complexity index is 908. The van der Waals surface area contributed by atoms with Gasteiger partial charge in [0.1, 0.15) is 12.4 Å². The van der Waals surface area contributed by atoms with Crippen LogP contribution in [0.4, 0.5) is 5.69 Å². The van der Waals surface area contributed by atoms with Crippen molar-refractivity contribution in [3.05, 3.63) is 47.9 Å². The maximum absolute atomic E-state index is 12.7. The first kappa shape index (κ1) is 21.3. The van der Waals surface area contributed by atoms with Crippen LogP contribution in [0.3, 0.4) is 0 Å². The largest absolute Gasteiger partial charge is 0.467 e. The van der Waals surface area contributed by atoms with Gasteiger partial charge in [0.15, 0.2) is 0 Å². The number of anilines is 1. The Kier molecular flexibility index (Phi) is 7.26. The summed E-state index contributed by atoms with van der Waals surface area (Å²) < 4.78 is 39.4. The van der Waals surface area contributed by atoms with Crippen molar-refractivity contribution in [3.8, 4) is 0 Å². The molecule has 1 aromatic heterocycles. The Morgan fingerprint density at radius 1 is 1.24 bits per heavy atom. The second-order valence-electron chi connectivity index (χ2n) is 6.56. The predicted molar refractivity (Wildman–Crippen MR) is 106 cm³/mol. The molecule has 0 unspecified atom stereocenters. The number of nitrogens with one attached hydrogen (secondary N) is 1. The van der Waals surface area contributed by atoms with E-state index in [0.717, 1.165) is 5.76 Å². The Balaban J connectivity index is 1.60. The molecule has 1 aromatic carbocycles. The van der Waals surface area contributed by atoms with Crippen molar-refractivity contribution in [2.45, 2.75) is 17.9 Å². The van der Waals surface area contributed by atoms with Crippen LogP contribution in [0, 0.1) is 0 Å². The van der Waals surface area contributed by atoms with Crippen molar-refractivity contribution in [1.29, 1.82) is 0 Å². The summed E-state index contributed by atoms with van der Waals surface area (Å²) in [4.78, 5) is 14.6. The van der Waals surface area contributed by atoms with Crippen LogP contribution >= 0.6 is 0 Å². The highest BCUT2D eigenvalue weighted by Gasteiger charge is 2.21. The van der Waals surface area contributed by atoms with E-state index in [0.29, 0.717) is 58.2 Å². The fourth-order valence-electron chi connectivity index (χ4n) is 2.99. The number of hydrogen-bond acceptors (Lipinski definition) is 7. The maximum atomic E-state index is 12.7. The van der Waals surface area contributed by atoms with Crippen molar-refractivity contribution in [3.63, 3.8) is 0 Å². The molecular weight excluding hydrogens is 398 g/mol. The fraction of sp³-hybridized carbons (Fsp3) is 0.421. The molecule has 0 saturated carbocycles. The molecule has 2 heterocycles. The standard InChI is InChI=1S/C19H25N3O6S/c20-29(24,25)16-4-5-18(22-7-11-26-12-8-22)17(13-16)19(23)21-6-2-9-27-14-15-3-1-10-28-15/h1,3-5,10,13H,2,6-9,11-12,14H2,(H,21,23)(H2,20,24,25). The minimum absolute atomic E-state index is 0.0959. The number of benzene rings is 1. The summed E-state index contributed by atoms with van der Waals surface area (Å²) in [5.41, 5.74) is 0.933. The molecule has 1 fully saturated rings. The van der Waals surface area contributed by atoms with Gasteiger partial charge in [-0.15, -0.1) is 0 Å². The SMILES string of the molecule is NS(=O)(=O)c1ccc(N2CCOCC2)c(C(=O)NCCCOCc2ccco2)c1. The molecule has 9 nitrogen and oxygen atoms in total. The molecule has 29 heavy (non-hydrogen) atoms. The van der Waals surface area contributed by atoms with Crippen molar-refractivity contribution < 1.29 is 27.1 Å². The van der Waals surface area contributed by atoms with Gasteiger partial charge in [0.25, 0.3) is 5.91 Å². The average molecular weight is 423 g/mol. The van der Waals surface area contributed by atoms with Gasteiger partial charge in [-0.1, -0.05) is 0 Å². The number of rotatable bonds is 9. The summed E-state index contributed by atoms with van der Waals surface area (Å²) in [6.45, 7) is 3.55. The highest BCUT2D eigenvalue weighted by atomic mass is 32.2. The number of carbonyl (C=O) groups is 1. The van der Waals surface area contributed by atoms with Crippen LogP contribution in [-0.2, 0) is 26.1 Å². The first-order chi connectivity index (χ1) is 13.9. The van der Waals surface area contributed by atoms with Crippen LogP contribution in [-0.4, -0.2) is 53.8 Å². The molecule has 1 aliphatic heterocycles. The van der Waals surface area contributed by atoms with Crippen LogP contribution in [0.2, 0.25) is 0 Å². The quantitative estimate of drug-likeness (QED) is 0.579. The normalized spacial score (nSPS) is 14.7. The van der Waals surface area contributed by atoms with E-state index in [2.05, 4.69) is 5.32 Å². The number of nitrogens with two attached hydrogens (primary N) is 1. The van der Waals surface area contributed by atoms with Gasteiger partial charge in [0, 0.05) is 31.9 Å². The molecule has 1 aliphatic rings. The van der Waals surface area contributed by atoms with Crippen LogP contribution in [0.1, 0.15) is 22.5 Å². The number of primary sulfonamides is 1. The van der Waals surface area contributed by atoms with Crippen LogP contribution in [0.5, 0.6) is 0 Å². The van der Waals surface area contributed by atoms with Gasteiger partial charge in [0.2, 0.25) is 10.0 Å². The molecule has 158 valence electrons. The molecule has 1 amide bonds. The van der Waals surface area contributed by atoms with Gasteiger partial charge in [-0.2, -0.15) is 0 Å². The zero-order chi connectivity index (χ0) is 20.7. The van der Waals surface area contributed by atoms with Crippen LogP contribution < -0.4 is 15.4 Å². The molecule has 0 aliphatic carbocycles. The highest BCUT2D eigenvalue weighted by Crippen LogP contribution is 2.25. The van der Waals surface area contributed by atoms with E-state index in [1.54, 1.807) is 18.4 Å². The lowest BCUT2D eigenvalue weighted by Crippen LogP contribution is -2.38. The molecule has 3 N–H and O–H groups in total. The van der Waals surface area contributed by atoms with E-state index in [1.807, 2.05) is 11.0 Å². The molecule has 2 aromatic rings. The Hall–Kier alpha value is -2.40. The predicted octanol–water partition coefficient (Wildman–Crippen LogP) is 1.10. The number of hydrogen-bond donors (Lipinski definition) is 2. The first-order valence-electron chi connectivity index (χ1n) is 9.33. The van der Waals surface area contributed by atoms with E-state index in [9.17, 15) is 13.2 Å². The van der Waals surface area contributed by atoms with Gasteiger partial charge < -0.3 is 24.1 Å². The summed E-state index contributed by atoms with van der Waals surface area (Å²) in [6.07, 6.45) is 2.19. The number of nitrogens with zero attached hydrogens (tertiary/aromatic N) is 1. The lowest BCUT2D eigenvalue weighted by Gasteiger charge is -2.30. The second-order valence-corrected chi connectivity index (χ2v) is 8.13. The summed E-state index contributed by atoms with van der Waals surface area (Å²) in [7, 11) is -3.91. The Morgan fingerprint density at radius 3 is 2.72 bits per heavy atom. The number of morpholine rings is 1. The number of amides is 1. The summed E-state index contributed by atoms with van der Waals surface area (Å²) in [6, 6.07) is 7.97. The third-order valence-electron chi connectivity index (χ3n) is 4.47. The van der Waals surface area contributed by atoms with E-state index < -0.39 is 10.0 Å². The van der Waals surface area contributed by atoms with Gasteiger partial charge >= 0.3 is 0 Å². The number of carbonyl (C=O) groups excluding carboxylic acids is 1. The molecule has 0 atom stereocenters. The molecule has 10 heteroatoms. The molecule has 1 saturated heterocycles. The topological polar surface area (TPSA) is 124 Å². The zero-order valence-corrected chi connectivity index (χ0v) is 16.8. The van der Waals surface area contributed by atoms with Crippen LogP contribution in [0.15, 0.2) is 45.9 Å². The highest BCUT2D eigenvalue weighted by molar-refractivity contribution is 7.89. The lowest BCUT2D eigenvalue weighted by atomic mass is 10.1. The fourth-order valence-corrected chi connectivity index (χ4v) is 3.53. The van der Waals surface area contributed by atoms with Gasteiger partial charge in [-0.05, 0) is 36.8 Å². The van der Waals surface area contributed by atoms with Gasteiger partial charge in [-0.25, -0.2) is 13.6 Å². The van der Waals surface area contributed by atoms with E-state index in [4.69, 9.17) is 19.0 Å². The zero-order valence-electron chi connectivity index (χ0n) is 16.0. The molecule has 3 rings (SSSR count). The first-order valence-corrected chi connectivity index (χ1v) is 10.9. The van der Waals surface area contributed by atoms with E-state index in [1.165, 1.54) is 12.1 Å². The number of sulfonamides is 1. The third-order valence-corrected chi connectivity index (χ3v) is 5.38. The third kappa shape index (κ3) is 6.04. The number of furan rings is 1. The summed E-state index contributed by atoms with van der Waals surface area (Å²) >= 11 is 0. The molecule has 0 bridgehead atoms. The Morgan fingerprint density at radius 2 is 2.03 bits per heavy atom. The summed E-state index contributed by atoms with van der Waals surface area (Å²) in [5, 5.41) is 8.05. The van der Waals surface area contributed by atoms with Gasteiger partial charge in [0.05, 0.1) is 29.9 Å². The Labute approximate surface area is 169 Å². The molecular formula is C19H25N3O6S. The maximum Gasteiger partial charge on any atom is 0.253 e. The molecule has 0 spiro atoms. The van der Waals surface area contributed by atoms with Crippen molar-refractivity contribution in [2.75, 3.05) is 44.4 Å².